The van der Waals surface area contributed by atoms with Crippen molar-refractivity contribution >= 4 is 34.6 Å². The van der Waals surface area contributed by atoms with Crippen molar-refractivity contribution in [2.24, 2.45) is 0 Å². The summed E-state index contributed by atoms with van der Waals surface area (Å²) in [5.74, 6) is 1.82. The van der Waals surface area contributed by atoms with Gasteiger partial charge in [-0.2, -0.15) is 0 Å². The molecule has 4 aromatic rings. The number of nitrogens with two attached hydrogens (primary N) is 1. The van der Waals surface area contributed by atoms with E-state index in [4.69, 9.17) is 14.9 Å². The number of hydrogen-bond donors (Lipinski definition) is 2. The summed E-state index contributed by atoms with van der Waals surface area (Å²) >= 11 is 0. The van der Waals surface area contributed by atoms with Gasteiger partial charge in [0.05, 0.1) is 7.11 Å². The van der Waals surface area contributed by atoms with Crippen molar-refractivity contribution in [3.05, 3.63) is 83.8 Å². The molecular weight excluding hydrogens is 480 g/mol. The number of piperazine rings is 1. The molecule has 8 heteroatoms. The van der Waals surface area contributed by atoms with Crippen LogP contribution in [-0.4, -0.2) is 54.9 Å². The number of ether oxygens (including phenoxy) is 1. The van der Waals surface area contributed by atoms with E-state index < -0.39 is 0 Å². The summed E-state index contributed by atoms with van der Waals surface area (Å²) < 4.78 is 11.7. The fourth-order valence-electron chi connectivity index (χ4n) is 4.51. The third kappa shape index (κ3) is 5.76. The number of fused-ring (bicyclic) bond motifs is 1. The molecule has 3 N–H and O–H groups in total. The van der Waals surface area contributed by atoms with Gasteiger partial charge in [-0.25, -0.2) is 4.98 Å². The van der Waals surface area contributed by atoms with Crippen LogP contribution in [-0.2, 0) is 11.2 Å². The molecule has 38 heavy (non-hydrogen) atoms. The number of methoxy groups -OCH3 is 1. The van der Waals surface area contributed by atoms with Gasteiger partial charge < -0.3 is 25.1 Å². The van der Waals surface area contributed by atoms with Gasteiger partial charge in [0, 0.05) is 56.2 Å². The Morgan fingerprint density at radius 1 is 1.08 bits per heavy atom. The number of ketones is 1. The van der Waals surface area contributed by atoms with Crippen molar-refractivity contribution in [3.8, 4) is 16.9 Å². The zero-order chi connectivity index (χ0) is 26.5. The summed E-state index contributed by atoms with van der Waals surface area (Å²) in [7, 11) is 1.61. The molecule has 0 saturated carbocycles. The number of aryl methyl sites for hydroxylation is 1. The lowest BCUT2D eigenvalue weighted by atomic mass is 10.0. The minimum Gasteiger partial charge on any atom is -0.493 e. The average Bonchev–Trinajstić information content (AvgIpc) is 3.38. The number of hydrogen-bond acceptors (Lipinski definition) is 7. The van der Waals surface area contributed by atoms with Crippen LogP contribution in [0.5, 0.6) is 5.75 Å². The number of benzene rings is 2. The van der Waals surface area contributed by atoms with Gasteiger partial charge in [-0.3, -0.25) is 9.59 Å². The second-order valence-corrected chi connectivity index (χ2v) is 9.25. The maximum atomic E-state index is 12.8. The van der Waals surface area contributed by atoms with Crippen LogP contribution < -0.4 is 15.8 Å². The van der Waals surface area contributed by atoms with Crippen LogP contribution in [0.1, 0.15) is 28.1 Å². The molecule has 0 bridgehead atoms. The van der Waals surface area contributed by atoms with Crippen molar-refractivity contribution in [1.29, 1.82) is 0 Å². The molecular formula is C30H30N4O4. The highest BCUT2D eigenvalue weighted by atomic mass is 16.5. The number of nitrogen functional groups attached to an aromatic ring is 1. The molecule has 0 unspecified atom stereocenters. The summed E-state index contributed by atoms with van der Waals surface area (Å²) in [6.45, 7) is 3.09. The number of pyridine rings is 1. The summed E-state index contributed by atoms with van der Waals surface area (Å²) in [6.07, 6.45) is 5.69. The molecule has 1 amide bonds. The summed E-state index contributed by atoms with van der Waals surface area (Å²) in [5.41, 5.74) is 9.67. The predicted octanol–water partition coefficient (Wildman–Crippen LogP) is 4.35. The van der Waals surface area contributed by atoms with E-state index in [-0.39, 0.29) is 11.7 Å². The molecule has 0 atom stereocenters. The van der Waals surface area contributed by atoms with Crippen molar-refractivity contribution in [2.45, 2.75) is 12.8 Å². The highest BCUT2D eigenvalue weighted by Crippen LogP contribution is 2.35. The van der Waals surface area contributed by atoms with Gasteiger partial charge in [-0.05, 0) is 71.3 Å². The second kappa shape index (κ2) is 11.3. The number of nitrogens with one attached hydrogen (secondary N) is 1. The number of anilines is 1. The van der Waals surface area contributed by atoms with E-state index in [1.807, 2.05) is 53.4 Å². The highest BCUT2D eigenvalue weighted by molar-refractivity contribution is 5.96. The topological polar surface area (TPSA) is 111 Å². The van der Waals surface area contributed by atoms with Crippen LogP contribution in [0, 0.1) is 0 Å². The first kappa shape index (κ1) is 25.2. The number of carbonyl (C=O) groups is 2. The minimum atomic E-state index is -0.00890. The number of carbonyl (C=O) groups excluding carboxylic acids is 2. The van der Waals surface area contributed by atoms with Gasteiger partial charge in [0.15, 0.2) is 17.1 Å². The van der Waals surface area contributed by atoms with Crippen molar-refractivity contribution in [1.82, 2.24) is 15.2 Å². The Labute approximate surface area is 221 Å². The fourth-order valence-corrected chi connectivity index (χ4v) is 4.51. The molecule has 1 aliphatic heterocycles. The van der Waals surface area contributed by atoms with E-state index in [1.165, 1.54) is 0 Å². The normalized spacial score (nSPS) is 13.8. The maximum Gasteiger partial charge on any atom is 0.253 e. The van der Waals surface area contributed by atoms with Crippen molar-refractivity contribution < 1.29 is 18.7 Å². The predicted molar refractivity (Wildman–Crippen MR) is 148 cm³/mol. The third-order valence-corrected chi connectivity index (χ3v) is 6.61. The molecule has 0 radical (unpaired) electrons. The first-order valence-corrected chi connectivity index (χ1v) is 12.6. The first-order chi connectivity index (χ1) is 18.5. The molecule has 5 rings (SSSR count). The van der Waals surface area contributed by atoms with E-state index in [0.29, 0.717) is 41.3 Å². The van der Waals surface area contributed by atoms with Crippen molar-refractivity contribution in [2.75, 3.05) is 39.0 Å². The smallest absolute Gasteiger partial charge is 0.253 e. The Balaban J connectivity index is 1.29. The second-order valence-electron chi connectivity index (χ2n) is 9.25. The van der Waals surface area contributed by atoms with Gasteiger partial charge in [-0.1, -0.05) is 12.1 Å². The minimum absolute atomic E-state index is 0.00890. The third-order valence-electron chi connectivity index (χ3n) is 6.61. The Bertz CT molecular complexity index is 1470. The number of furan rings is 1. The Morgan fingerprint density at radius 3 is 2.58 bits per heavy atom. The van der Waals surface area contributed by atoms with E-state index >= 15 is 0 Å². The van der Waals surface area contributed by atoms with Crippen molar-refractivity contribution in [3.63, 3.8) is 0 Å². The van der Waals surface area contributed by atoms with Crippen LogP contribution in [0.25, 0.3) is 28.2 Å². The summed E-state index contributed by atoms with van der Waals surface area (Å²) in [4.78, 5) is 31.1. The number of amides is 1. The largest absolute Gasteiger partial charge is 0.493 e. The monoisotopic (exact) mass is 510 g/mol. The number of nitrogens with zero attached hydrogens (tertiary/aromatic N) is 2. The molecule has 1 fully saturated rings. The number of allylic oxidation sites excluding steroid dienone is 1. The Morgan fingerprint density at radius 2 is 1.87 bits per heavy atom. The first-order valence-electron chi connectivity index (χ1n) is 12.6. The van der Waals surface area contributed by atoms with Gasteiger partial charge in [0.2, 0.25) is 0 Å². The van der Waals surface area contributed by atoms with Crippen LogP contribution in [0.4, 0.5) is 5.82 Å². The molecule has 2 aromatic heterocycles. The van der Waals surface area contributed by atoms with Crippen LogP contribution in [0.3, 0.4) is 0 Å². The Hall–Kier alpha value is -4.43. The fraction of sp³-hybridized carbons (Fsp3) is 0.233. The molecule has 2 aromatic carbocycles. The van der Waals surface area contributed by atoms with E-state index in [2.05, 4.69) is 10.3 Å². The lowest BCUT2D eigenvalue weighted by Gasteiger charge is -2.27. The van der Waals surface area contributed by atoms with E-state index in [0.717, 1.165) is 48.3 Å². The standard InChI is InChI=1S/C30H30N4O4/c1-37-27-18-23(21-4-6-22(7-5-21)30(36)34-14-12-32-13-15-34)16-24-17-26(38-29(24)27)10-9-25(35)8-2-20-3-11-28(31)33-19-20/h2-8,11,16-19,32H,9-10,12-15H2,1H3,(H2,31,33)/b8-2+. The zero-order valence-electron chi connectivity index (χ0n) is 21.3. The average molecular weight is 511 g/mol. The highest BCUT2D eigenvalue weighted by Gasteiger charge is 2.18. The lowest BCUT2D eigenvalue weighted by molar-refractivity contribution is -0.114. The quantitative estimate of drug-likeness (QED) is 0.339. The molecule has 1 saturated heterocycles. The summed E-state index contributed by atoms with van der Waals surface area (Å²) in [5, 5.41) is 4.16. The van der Waals surface area contributed by atoms with Crippen LogP contribution >= 0.6 is 0 Å². The van der Waals surface area contributed by atoms with E-state index in [1.54, 1.807) is 31.5 Å². The molecule has 0 aliphatic carbocycles. The van der Waals surface area contributed by atoms with E-state index in [9.17, 15) is 9.59 Å². The SMILES string of the molecule is COc1cc(-c2ccc(C(=O)N3CCNCC3)cc2)cc2cc(CCC(=O)/C=C/c3ccc(N)nc3)oc12. The summed E-state index contributed by atoms with van der Waals surface area (Å²) in [6, 6.07) is 17.1. The molecule has 8 nitrogen and oxygen atoms in total. The zero-order valence-corrected chi connectivity index (χ0v) is 21.3. The Kier molecular flexibility index (Phi) is 7.51. The van der Waals surface area contributed by atoms with Gasteiger partial charge in [-0.15, -0.1) is 0 Å². The maximum absolute atomic E-state index is 12.8. The number of rotatable bonds is 8. The van der Waals surface area contributed by atoms with Gasteiger partial charge >= 0.3 is 0 Å². The van der Waals surface area contributed by atoms with Gasteiger partial charge in [0.1, 0.15) is 11.6 Å². The van der Waals surface area contributed by atoms with Crippen LogP contribution in [0.15, 0.2) is 71.3 Å². The lowest BCUT2D eigenvalue weighted by Crippen LogP contribution is -2.46. The molecule has 0 spiro atoms. The van der Waals surface area contributed by atoms with Crippen LogP contribution in [0.2, 0.25) is 0 Å². The molecule has 3 heterocycles. The number of aromatic nitrogens is 1. The van der Waals surface area contributed by atoms with Gasteiger partial charge in [0.25, 0.3) is 5.91 Å². The molecule has 194 valence electrons. The molecule has 1 aliphatic rings.